The van der Waals surface area contributed by atoms with E-state index in [4.69, 9.17) is 16.3 Å². The topological polar surface area (TPSA) is 127 Å². The monoisotopic (exact) mass is 466 g/mol. The van der Waals surface area contributed by atoms with Gasteiger partial charge in [-0.15, -0.1) is 0 Å². The molecule has 0 saturated carbocycles. The molecule has 0 radical (unpaired) electrons. The van der Waals surface area contributed by atoms with E-state index in [9.17, 15) is 26.4 Å². The van der Waals surface area contributed by atoms with Gasteiger partial charge in [-0.2, -0.15) is 0 Å². The number of amides is 1. The number of carbonyl (C=O) groups excluding carboxylic acids is 2. The van der Waals surface area contributed by atoms with Crippen molar-refractivity contribution < 1.29 is 31.2 Å². The fourth-order valence-electron chi connectivity index (χ4n) is 3.07. The maximum absolute atomic E-state index is 12.7. The average Bonchev–Trinajstić information content (AvgIpc) is 3.01. The number of carbonyl (C=O) groups is 2. The Hall–Kier alpha value is -1.69. The second kappa shape index (κ2) is 8.99. The summed E-state index contributed by atoms with van der Waals surface area (Å²) in [7, 11) is -5.86. The minimum atomic E-state index is -3.89. The summed E-state index contributed by atoms with van der Waals surface area (Å²) in [4.78, 5) is 26.2. The first kappa shape index (κ1) is 23.6. The molecule has 0 bridgehead atoms. The van der Waals surface area contributed by atoms with Crippen LogP contribution in [0.4, 0.5) is 0 Å². The van der Waals surface area contributed by atoms with Crippen molar-refractivity contribution in [1.29, 1.82) is 0 Å². The highest BCUT2D eigenvalue weighted by Crippen LogP contribution is 2.23. The van der Waals surface area contributed by atoms with Gasteiger partial charge in [-0.1, -0.05) is 11.6 Å². The predicted octanol–water partition coefficient (Wildman–Crippen LogP) is 0.829. The number of benzene rings is 1. The Balaban J connectivity index is 2.16. The van der Waals surface area contributed by atoms with E-state index in [1.807, 2.05) is 0 Å². The average molecular weight is 467 g/mol. The van der Waals surface area contributed by atoms with Gasteiger partial charge in [0.25, 0.3) is 5.91 Å². The number of ether oxygens (including phenoxy) is 1. The van der Waals surface area contributed by atoms with Crippen LogP contribution in [0.5, 0.6) is 0 Å². The van der Waals surface area contributed by atoms with Gasteiger partial charge in [0.1, 0.15) is 4.90 Å². The molecule has 1 amide bonds. The highest BCUT2D eigenvalue weighted by Gasteiger charge is 2.36. The van der Waals surface area contributed by atoms with Gasteiger partial charge in [-0.3, -0.25) is 4.79 Å². The van der Waals surface area contributed by atoms with Gasteiger partial charge < -0.3 is 9.64 Å². The minimum absolute atomic E-state index is 0.0170. The number of halogens is 1. The number of esters is 1. The quantitative estimate of drug-likeness (QED) is 0.589. The first-order valence-electron chi connectivity index (χ1n) is 8.87. The lowest BCUT2D eigenvalue weighted by Crippen LogP contribution is -2.46. The van der Waals surface area contributed by atoms with Gasteiger partial charge in [-0.25, -0.2) is 26.4 Å². The molecule has 2 rings (SSSR count). The van der Waals surface area contributed by atoms with E-state index in [1.165, 1.54) is 31.0 Å². The van der Waals surface area contributed by atoms with Crippen LogP contribution in [-0.2, 0) is 29.4 Å². The molecule has 1 aliphatic rings. The Morgan fingerprint density at radius 3 is 2.55 bits per heavy atom. The van der Waals surface area contributed by atoms with Gasteiger partial charge in [-0.05, 0) is 45.5 Å². The fraction of sp³-hybridized carbons (Fsp3) is 0.529. The van der Waals surface area contributed by atoms with Crippen molar-refractivity contribution in [2.75, 3.05) is 25.1 Å². The van der Waals surface area contributed by atoms with E-state index in [2.05, 4.69) is 4.72 Å². The second-order valence-corrected chi connectivity index (χ2v) is 11.1. The van der Waals surface area contributed by atoms with E-state index < -0.39 is 43.9 Å². The summed E-state index contributed by atoms with van der Waals surface area (Å²) in [6.45, 7) is 3.37. The lowest BCUT2D eigenvalue weighted by atomic mass is 10.2. The third-order valence-corrected chi connectivity index (χ3v) is 8.28. The van der Waals surface area contributed by atoms with E-state index >= 15 is 0 Å². The van der Waals surface area contributed by atoms with Crippen LogP contribution in [0, 0.1) is 0 Å². The molecule has 1 fully saturated rings. The van der Waals surface area contributed by atoms with E-state index in [1.54, 1.807) is 6.92 Å². The van der Waals surface area contributed by atoms with Gasteiger partial charge in [0, 0.05) is 12.6 Å². The zero-order valence-electron chi connectivity index (χ0n) is 16.2. The van der Waals surface area contributed by atoms with Crippen LogP contribution in [0.25, 0.3) is 0 Å². The number of nitrogens with zero attached hydrogens (tertiary/aromatic N) is 1. The largest absolute Gasteiger partial charge is 0.449 e. The number of hydrogen-bond acceptors (Lipinski definition) is 7. The first-order valence-corrected chi connectivity index (χ1v) is 12.5. The Morgan fingerprint density at radius 2 is 2.03 bits per heavy atom. The second-order valence-electron chi connectivity index (χ2n) is 6.58. The molecule has 1 aliphatic heterocycles. The van der Waals surface area contributed by atoms with Gasteiger partial charge >= 0.3 is 5.97 Å². The van der Waals surface area contributed by atoms with Crippen LogP contribution in [0.3, 0.4) is 0 Å². The van der Waals surface area contributed by atoms with Crippen molar-refractivity contribution >= 4 is 43.3 Å². The molecule has 1 aromatic rings. The summed E-state index contributed by atoms with van der Waals surface area (Å²) in [6.07, 6.45) is -0.837. The lowest BCUT2D eigenvalue weighted by molar-refractivity contribution is -0.141. The lowest BCUT2D eigenvalue weighted by Gasteiger charge is -2.29. The van der Waals surface area contributed by atoms with Crippen molar-refractivity contribution in [3.05, 3.63) is 28.8 Å². The third-order valence-electron chi connectivity index (χ3n) is 4.63. The Bertz CT molecular complexity index is 1010. The summed E-state index contributed by atoms with van der Waals surface area (Å²) in [5, 5.41) is -0.0698. The Kier molecular flexibility index (Phi) is 7.31. The molecular weight excluding hydrogens is 444 g/mol. The van der Waals surface area contributed by atoms with Crippen molar-refractivity contribution in [1.82, 2.24) is 9.62 Å². The van der Waals surface area contributed by atoms with Crippen LogP contribution in [0.2, 0.25) is 5.02 Å². The Morgan fingerprint density at radius 1 is 1.38 bits per heavy atom. The van der Waals surface area contributed by atoms with E-state index in [0.717, 1.165) is 6.07 Å². The summed E-state index contributed by atoms with van der Waals surface area (Å²) >= 11 is 5.90. The number of hydrogen-bond donors (Lipinski definition) is 1. The molecule has 162 valence electrons. The molecule has 12 heteroatoms. The molecule has 0 aromatic heterocycles. The van der Waals surface area contributed by atoms with Crippen LogP contribution in [0.15, 0.2) is 23.1 Å². The molecule has 29 heavy (non-hydrogen) atoms. The maximum atomic E-state index is 12.7. The molecule has 2 unspecified atom stereocenters. The number of nitrogens with one attached hydrogen (secondary N) is 1. The van der Waals surface area contributed by atoms with Crippen LogP contribution in [-0.4, -0.2) is 70.9 Å². The predicted molar refractivity (Wildman–Crippen MR) is 107 cm³/mol. The SMILES string of the molecule is CCN(C(=O)C(C)OC(=O)c1ccc(Cl)c(S(=O)(=O)NC)c1)C1CCS(=O)(=O)C1. The summed E-state index contributed by atoms with van der Waals surface area (Å²) in [5.74, 6) is -1.51. The van der Waals surface area contributed by atoms with E-state index in [-0.39, 0.29) is 33.5 Å². The maximum Gasteiger partial charge on any atom is 0.338 e. The number of sulfonamides is 1. The Labute approximate surface area is 175 Å². The molecule has 1 N–H and O–H groups in total. The molecule has 9 nitrogen and oxygen atoms in total. The van der Waals surface area contributed by atoms with Crippen molar-refractivity contribution in [2.24, 2.45) is 0 Å². The van der Waals surface area contributed by atoms with Crippen LogP contribution >= 0.6 is 11.6 Å². The molecular formula is C17H23ClN2O7S2. The summed E-state index contributed by atoms with van der Waals surface area (Å²) in [6, 6.07) is 3.14. The van der Waals surface area contributed by atoms with Gasteiger partial charge in [0.2, 0.25) is 10.0 Å². The molecule has 1 aromatic carbocycles. The minimum Gasteiger partial charge on any atom is -0.449 e. The first-order chi connectivity index (χ1) is 13.4. The molecule has 2 atom stereocenters. The standard InChI is InChI=1S/C17H23ClN2O7S2/c1-4-20(13-7-8-28(23,24)10-13)16(21)11(2)27-17(22)12-5-6-14(18)15(9-12)29(25,26)19-3/h5-6,9,11,13,19H,4,7-8,10H2,1-3H3. The van der Waals surface area contributed by atoms with Crippen LogP contribution in [0.1, 0.15) is 30.6 Å². The highest BCUT2D eigenvalue weighted by atomic mass is 35.5. The molecule has 1 saturated heterocycles. The van der Waals surface area contributed by atoms with E-state index in [0.29, 0.717) is 6.42 Å². The summed E-state index contributed by atoms with van der Waals surface area (Å²) in [5.41, 5.74) is -0.0885. The molecule has 0 aliphatic carbocycles. The normalized spacial score (nSPS) is 19.5. The van der Waals surface area contributed by atoms with Crippen molar-refractivity contribution in [2.45, 2.75) is 37.3 Å². The third kappa shape index (κ3) is 5.47. The zero-order chi connectivity index (χ0) is 22.0. The van der Waals surface area contributed by atoms with Crippen molar-refractivity contribution in [3.63, 3.8) is 0 Å². The fourth-order valence-corrected chi connectivity index (χ4v) is 6.05. The highest BCUT2D eigenvalue weighted by molar-refractivity contribution is 7.91. The van der Waals surface area contributed by atoms with Gasteiger partial charge in [0.05, 0.1) is 22.1 Å². The molecule has 1 heterocycles. The van der Waals surface area contributed by atoms with Crippen LogP contribution < -0.4 is 4.72 Å². The smallest absolute Gasteiger partial charge is 0.338 e. The number of sulfone groups is 1. The number of likely N-dealkylation sites (N-methyl/N-ethyl adjacent to an activating group) is 1. The molecule has 0 spiro atoms. The van der Waals surface area contributed by atoms with Crippen molar-refractivity contribution in [3.8, 4) is 0 Å². The van der Waals surface area contributed by atoms with Gasteiger partial charge in [0.15, 0.2) is 15.9 Å². The zero-order valence-corrected chi connectivity index (χ0v) is 18.6. The summed E-state index contributed by atoms with van der Waals surface area (Å²) < 4.78 is 54.7. The number of rotatable bonds is 7.